The van der Waals surface area contributed by atoms with E-state index in [1.54, 1.807) is 19.1 Å². The maximum absolute atomic E-state index is 12.4. The number of hydrogen-bond acceptors (Lipinski definition) is 3. The molecule has 0 saturated carbocycles. The highest BCUT2D eigenvalue weighted by Gasteiger charge is 2.33. The van der Waals surface area contributed by atoms with E-state index in [1.807, 2.05) is 0 Å². The molecule has 0 radical (unpaired) electrons. The van der Waals surface area contributed by atoms with Gasteiger partial charge in [-0.3, -0.25) is 4.79 Å². The molecule has 1 aromatic carbocycles. The summed E-state index contributed by atoms with van der Waals surface area (Å²) in [5.74, 6) is -1.24. The van der Waals surface area contributed by atoms with Gasteiger partial charge in [0, 0.05) is 17.7 Å². The van der Waals surface area contributed by atoms with E-state index in [2.05, 4.69) is 0 Å². The fourth-order valence-electron chi connectivity index (χ4n) is 2.44. The normalized spacial score (nSPS) is 19.2. The van der Waals surface area contributed by atoms with Crippen molar-refractivity contribution in [3.8, 4) is 5.75 Å². The Morgan fingerprint density at radius 1 is 1.32 bits per heavy atom. The lowest BCUT2D eigenvalue weighted by Gasteiger charge is -2.33. The van der Waals surface area contributed by atoms with Crippen LogP contribution in [0.5, 0.6) is 5.75 Å². The second-order valence-corrected chi connectivity index (χ2v) is 4.80. The summed E-state index contributed by atoms with van der Waals surface area (Å²) in [4.78, 5) is 25.0. The molecular formula is C14H17NO4. The van der Waals surface area contributed by atoms with E-state index in [0.717, 1.165) is 12.8 Å². The van der Waals surface area contributed by atoms with E-state index in [-0.39, 0.29) is 11.7 Å². The van der Waals surface area contributed by atoms with Crippen molar-refractivity contribution in [2.45, 2.75) is 32.2 Å². The SMILES string of the molecule is Cc1c(O)cccc1C(=O)N1CCCC[C@H]1C(=O)O. The molecule has 0 spiro atoms. The summed E-state index contributed by atoms with van der Waals surface area (Å²) in [5.41, 5.74) is 0.857. The van der Waals surface area contributed by atoms with E-state index < -0.39 is 12.0 Å². The largest absolute Gasteiger partial charge is 0.508 e. The van der Waals surface area contributed by atoms with Crippen LogP contribution in [0.2, 0.25) is 0 Å². The molecule has 1 fully saturated rings. The highest BCUT2D eigenvalue weighted by atomic mass is 16.4. The van der Waals surface area contributed by atoms with Crippen LogP contribution in [-0.2, 0) is 4.79 Å². The predicted octanol–water partition coefficient (Wildman–Crippen LogP) is 1.78. The molecule has 19 heavy (non-hydrogen) atoms. The minimum Gasteiger partial charge on any atom is -0.508 e. The predicted molar refractivity (Wildman–Crippen MR) is 69.2 cm³/mol. The summed E-state index contributed by atoms with van der Waals surface area (Å²) in [7, 11) is 0. The van der Waals surface area contributed by atoms with E-state index in [0.29, 0.717) is 24.1 Å². The number of amides is 1. The van der Waals surface area contributed by atoms with Crippen LogP contribution in [0.3, 0.4) is 0 Å². The number of aliphatic carboxylic acids is 1. The number of likely N-dealkylation sites (tertiary alicyclic amines) is 1. The van der Waals surface area contributed by atoms with Gasteiger partial charge in [-0.1, -0.05) is 6.07 Å². The van der Waals surface area contributed by atoms with Crippen molar-refractivity contribution in [2.75, 3.05) is 6.54 Å². The molecule has 1 aliphatic heterocycles. The second-order valence-electron chi connectivity index (χ2n) is 4.80. The number of aromatic hydroxyl groups is 1. The van der Waals surface area contributed by atoms with Gasteiger partial charge >= 0.3 is 5.97 Å². The summed E-state index contributed by atoms with van der Waals surface area (Å²) in [5, 5.41) is 18.8. The number of benzene rings is 1. The first-order valence-electron chi connectivity index (χ1n) is 6.34. The van der Waals surface area contributed by atoms with Crippen LogP contribution in [0.25, 0.3) is 0 Å². The molecule has 1 atom stereocenters. The molecule has 2 rings (SSSR count). The zero-order valence-corrected chi connectivity index (χ0v) is 10.8. The van der Waals surface area contributed by atoms with Crippen molar-refractivity contribution in [3.63, 3.8) is 0 Å². The van der Waals surface area contributed by atoms with Crippen molar-refractivity contribution in [2.24, 2.45) is 0 Å². The lowest BCUT2D eigenvalue weighted by molar-refractivity contribution is -0.143. The molecule has 0 bridgehead atoms. The molecule has 2 N–H and O–H groups in total. The van der Waals surface area contributed by atoms with Gasteiger partial charge in [-0.2, -0.15) is 0 Å². The Bertz CT molecular complexity index is 512. The van der Waals surface area contributed by atoms with Crippen LogP contribution in [0.1, 0.15) is 35.2 Å². The van der Waals surface area contributed by atoms with Crippen LogP contribution in [0.15, 0.2) is 18.2 Å². The first kappa shape index (κ1) is 13.4. The van der Waals surface area contributed by atoms with E-state index >= 15 is 0 Å². The molecule has 0 aromatic heterocycles. The Kier molecular flexibility index (Phi) is 3.74. The fourth-order valence-corrected chi connectivity index (χ4v) is 2.44. The standard InChI is InChI=1S/C14H17NO4/c1-9-10(5-4-7-12(9)16)13(17)15-8-3-2-6-11(15)14(18)19/h4-5,7,11,16H,2-3,6,8H2,1H3,(H,18,19)/t11-/m0/s1. The van der Waals surface area contributed by atoms with Crippen LogP contribution in [-0.4, -0.2) is 39.6 Å². The van der Waals surface area contributed by atoms with Gasteiger partial charge in [0.2, 0.25) is 0 Å². The minimum absolute atomic E-state index is 0.0507. The third-order valence-electron chi connectivity index (χ3n) is 3.58. The highest BCUT2D eigenvalue weighted by Crippen LogP contribution is 2.24. The first-order chi connectivity index (χ1) is 9.02. The number of carbonyl (C=O) groups is 2. The molecule has 1 aliphatic rings. The average Bonchev–Trinajstić information content (AvgIpc) is 2.41. The monoisotopic (exact) mass is 263 g/mol. The van der Waals surface area contributed by atoms with Crippen LogP contribution in [0, 0.1) is 6.92 Å². The molecule has 1 saturated heterocycles. The number of phenolic OH excluding ortho intramolecular Hbond substituents is 1. The van der Waals surface area contributed by atoms with E-state index in [4.69, 9.17) is 0 Å². The maximum atomic E-state index is 12.4. The smallest absolute Gasteiger partial charge is 0.326 e. The Morgan fingerprint density at radius 2 is 2.05 bits per heavy atom. The maximum Gasteiger partial charge on any atom is 0.326 e. The number of rotatable bonds is 2. The lowest BCUT2D eigenvalue weighted by Crippen LogP contribution is -2.48. The van der Waals surface area contributed by atoms with Gasteiger partial charge < -0.3 is 15.1 Å². The average molecular weight is 263 g/mol. The van der Waals surface area contributed by atoms with Gasteiger partial charge in [-0.25, -0.2) is 4.79 Å². The zero-order chi connectivity index (χ0) is 14.0. The number of phenols is 1. The summed E-state index contributed by atoms with van der Waals surface area (Å²) in [6.07, 6.45) is 2.12. The summed E-state index contributed by atoms with van der Waals surface area (Å²) in [6.45, 7) is 2.10. The Balaban J connectivity index is 2.31. The van der Waals surface area contributed by atoms with Gasteiger partial charge in [0.15, 0.2) is 0 Å². The molecule has 1 heterocycles. The minimum atomic E-state index is -0.967. The van der Waals surface area contributed by atoms with Crippen LogP contribution in [0.4, 0.5) is 0 Å². The van der Waals surface area contributed by atoms with Crippen molar-refractivity contribution in [1.29, 1.82) is 0 Å². The zero-order valence-electron chi connectivity index (χ0n) is 10.8. The van der Waals surface area contributed by atoms with Gasteiger partial charge in [0.25, 0.3) is 5.91 Å². The first-order valence-corrected chi connectivity index (χ1v) is 6.34. The number of hydrogen-bond donors (Lipinski definition) is 2. The summed E-state index contributed by atoms with van der Waals surface area (Å²) in [6, 6.07) is 3.96. The third-order valence-corrected chi connectivity index (χ3v) is 3.58. The molecule has 1 amide bonds. The summed E-state index contributed by atoms with van der Waals surface area (Å²) < 4.78 is 0. The Labute approximate surface area is 111 Å². The van der Waals surface area contributed by atoms with Crippen molar-refractivity contribution in [1.82, 2.24) is 4.90 Å². The lowest BCUT2D eigenvalue weighted by atomic mass is 9.99. The molecule has 1 aromatic rings. The number of carbonyl (C=O) groups excluding carboxylic acids is 1. The van der Waals surface area contributed by atoms with Gasteiger partial charge in [-0.05, 0) is 38.3 Å². The van der Waals surface area contributed by atoms with Crippen molar-refractivity contribution < 1.29 is 19.8 Å². The van der Waals surface area contributed by atoms with Crippen LogP contribution < -0.4 is 0 Å². The van der Waals surface area contributed by atoms with E-state index in [1.165, 1.54) is 11.0 Å². The quantitative estimate of drug-likeness (QED) is 0.852. The topological polar surface area (TPSA) is 77.8 Å². The van der Waals surface area contributed by atoms with Crippen molar-refractivity contribution in [3.05, 3.63) is 29.3 Å². The highest BCUT2D eigenvalue weighted by molar-refractivity contribution is 5.98. The summed E-state index contributed by atoms with van der Waals surface area (Å²) >= 11 is 0. The molecule has 0 aliphatic carbocycles. The van der Waals surface area contributed by atoms with Crippen LogP contribution >= 0.6 is 0 Å². The molecule has 5 heteroatoms. The van der Waals surface area contributed by atoms with Gasteiger partial charge in [0.05, 0.1) is 0 Å². The molecular weight excluding hydrogens is 246 g/mol. The third kappa shape index (κ3) is 2.54. The van der Waals surface area contributed by atoms with Gasteiger partial charge in [0.1, 0.15) is 11.8 Å². The Hall–Kier alpha value is -2.04. The molecule has 0 unspecified atom stereocenters. The molecule has 5 nitrogen and oxygen atoms in total. The molecule has 102 valence electrons. The van der Waals surface area contributed by atoms with E-state index in [9.17, 15) is 19.8 Å². The number of carboxylic acid groups (broad SMARTS) is 1. The number of carboxylic acids is 1. The van der Waals surface area contributed by atoms with Crippen molar-refractivity contribution >= 4 is 11.9 Å². The Morgan fingerprint density at radius 3 is 2.74 bits per heavy atom. The second kappa shape index (κ2) is 5.30. The number of nitrogens with zero attached hydrogens (tertiary/aromatic N) is 1. The fraction of sp³-hybridized carbons (Fsp3) is 0.429. The number of piperidine rings is 1. The van der Waals surface area contributed by atoms with Gasteiger partial charge in [-0.15, -0.1) is 0 Å².